The summed E-state index contributed by atoms with van der Waals surface area (Å²) in [5.74, 6) is -0.821. The third-order valence-corrected chi connectivity index (χ3v) is 2.78. The summed E-state index contributed by atoms with van der Waals surface area (Å²) in [5, 5.41) is 0.515. The van der Waals surface area contributed by atoms with Crippen LogP contribution in [0.4, 0.5) is 17.6 Å². The van der Waals surface area contributed by atoms with Crippen LogP contribution in [0.25, 0.3) is 0 Å². The molecule has 0 spiro atoms. The minimum absolute atomic E-state index is 0. The maximum Gasteiger partial charge on any atom is -1.00 e. The quantitative estimate of drug-likeness (QED) is 0.500. The van der Waals surface area contributed by atoms with Crippen molar-refractivity contribution in [2.75, 3.05) is 0 Å². The Hall–Kier alpha value is 0.0434. The van der Waals surface area contributed by atoms with Gasteiger partial charge in [-0.1, -0.05) is 0 Å². The zero-order chi connectivity index (χ0) is 10.1. The molecule has 0 bridgehead atoms. The Kier molecular flexibility index (Phi) is 5.23. The molecule has 0 radical (unpaired) electrons. The van der Waals surface area contributed by atoms with Crippen molar-refractivity contribution in [3.8, 4) is 0 Å². The molecule has 0 heterocycles. The summed E-state index contributed by atoms with van der Waals surface area (Å²) in [6, 6.07) is 2.64. The summed E-state index contributed by atoms with van der Waals surface area (Å²) < 4.78 is 49.0. The van der Waals surface area contributed by atoms with Gasteiger partial charge in [-0.25, -0.2) is 0 Å². The molecule has 0 saturated carbocycles. The van der Waals surface area contributed by atoms with Gasteiger partial charge in [0.15, 0.2) is 0 Å². The Morgan fingerprint density at radius 2 is 1.71 bits per heavy atom. The van der Waals surface area contributed by atoms with Crippen LogP contribution in [0, 0.1) is 5.82 Å². The molecule has 1 rings (SSSR count). The standard InChI is InChI=1S/C8H5F4.BrH.Zn/c1-5-2-6(8(10,11)12)4-7(9)3-5;;/h2-4H,1H2;1H;/q;;+1/p-1. The van der Waals surface area contributed by atoms with Gasteiger partial charge in [0.25, 0.3) is 0 Å². The van der Waals surface area contributed by atoms with Gasteiger partial charge in [-0.3, -0.25) is 0 Å². The average Bonchev–Trinajstić information content (AvgIpc) is 2.01. The Labute approximate surface area is 99.1 Å². The Morgan fingerprint density at radius 1 is 1.14 bits per heavy atom. The van der Waals surface area contributed by atoms with Crippen LogP contribution in [0.1, 0.15) is 11.1 Å². The van der Waals surface area contributed by atoms with Gasteiger partial charge in [0, 0.05) is 0 Å². The fraction of sp³-hybridized carbons (Fsp3) is 0.250. The molecule has 74 valence electrons. The summed E-state index contributed by atoms with van der Waals surface area (Å²) in [6.45, 7) is 0. The first-order valence-corrected chi connectivity index (χ1v) is 5.69. The van der Waals surface area contributed by atoms with E-state index in [1.807, 2.05) is 0 Å². The smallest absolute Gasteiger partial charge is 1.00 e. The van der Waals surface area contributed by atoms with Crippen molar-refractivity contribution in [3.63, 3.8) is 0 Å². The van der Waals surface area contributed by atoms with E-state index in [0.717, 1.165) is 30.4 Å². The monoisotopic (exact) mass is 320 g/mol. The second kappa shape index (κ2) is 5.22. The summed E-state index contributed by atoms with van der Waals surface area (Å²) in [7, 11) is 0. The third kappa shape index (κ3) is 3.66. The third-order valence-electron chi connectivity index (χ3n) is 1.57. The van der Waals surface area contributed by atoms with E-state index in [-0.39, 0.29) is 17.0 Å². The molecule has 0 N–H and O–H groups in total. The number of hydrogen-bond donors (Lipinski definition) is 0. The van der Waals surface area contributed by atoms with Crippen molar-refractivity contribution < 1.29 is 52.8 Å². The molecule has 1 aromatic rings. The number of rotatable bonds is 1. The van der Waals surface area contributed by atoms with Crippen LogP contribution in [-0.2, 0) is 29.5 Å². The number of hydrogen-bond acceptors (Lipinski definition) is 0. The van der Waals surface area contributed by atoms with E-state index < -0.39 is 17.6 Å². The SMILES string of the molecule is Fc1cc([CH2][Zn+])cc(C(F)(F)F)c1.[Br-]. The van der Waals surface area contributed by atoms with Crippen molar-refractivity contribution in [1.82, 2.24) is 0 Å². The zero-order valence-electron chi connectivity index (χ0n) is 7.04. The van der Waals surface area contributed by atoms with Gasteiger partial charge in [0.1, 0.15) is 0 Å². The molecule has 0 aromatic heterocycles. The van der Waals surface area contributed by atoms with E-state index in [9.17, 15) is 17.6 Å². The predicted octanol–water partition coefficient (Wildman–Crippen LogP) is -0.105. The van der Waals surface area contributed by atoms with Crippen molar-refractivity contribution >= 4 is 0 Å². The second-order valence-electron chi connectivity index (χ2n) is 2.60. The molecule has 0 unspecified atom stereocenters. The molecule has 0 saturated heterocycles. The predicted molar refractivity (Wildman–Crippen MR) is 35.1 cm³/mol. The van der Waals surface area contributed by atoms with Gasteiger partial charge in [0.05, 0.1) is 0 Å². The van der Waals surface area contributed by atoms with Crippen molar-refractivity contribution in [2.45, 2.75) is 11.2 Å². The maximum absolute atomic E-state index is 12.7. The van der Waals surface area contributed by atoms with E-state index in [0.29, 0.717) is 16.6 Å². The minimum atomic E-state index is -4.45. The number of alkyl halides is 3. The number of halogens is 5. The van der Waals surface area contributed by atoms with Crippen LogP contribution < -0.4 is 17.0 Å². The molecule has 6 heteroatoms. The fourth-order valence-electron chi connectivity index (χ4n) is 0.958. The first-order valence-electron chi connectivity index (χ1n) is 3.59. The van der Waals surface area contributed by atoms with E-state index in [4.69, 9.17) is 0 Å². The van der Waals surface area contributed by atoms with E-state index in [1.165, 1.54) is 0 Å². The molecular weight excluding hydrogens is 317 g/mol. The van der Waals surface area contributed by atoms with E-state index >= 15 is 0 Å². The van der Waals surface area contributed by atoms with Gasteiger partial charge in [-0.05, 0) is 0 Å². The molecule has 0 atom stereocenters. The first kappa shape index (κ1) is 14.0. The van der Waals surface area contributed by atoms with Gasteiger partial charge in [-0.2, -0.15) is 0 Å². The first-order chi connectivity index (χ1) is 5.93. The second-order valence-corrected chi connectivity index (χ2v) is 3.64. The Bertz CT molecular complexity index is 311. The molecular formula is C8H5BrF4Zn. The van der Waals surface area contributed by atoms with E-state index in [1.54, 1.807) is 0 Å². The van der Waals surface area contributed by atoms with Crippen molar-refractivity contribution in [1.29, 1.82) is 0 Å². The van der Waals surface area contributed by atoms with Crippen molar-refractivity contribution in [3.05, 3.63) is 35.1 Å². The molecule has 0 nitrogen and oxygen atoms in total. The van der Waals surface area contributed by atoms with Crippen LogP contribution >= 0.6 is 0 Å². The van der Waals surface area contributed by atoms with Crippen LogP contribution in [0.5, 0.6) is 0 Å². The van der Waals surface area contributed by atoms with Crippen LogP contribution in [0.15, 0.2) is 18.2 Å². The molecule has 0 amide bonds. The molecule has 14 heavy (non-hydrogen) atoms. The van der Waals surface area contributed by atoms with Crippen LogP contribution in [0.2, 0.25) is 0 Å². The summed E-state index contributed by atoms with van der Waals surface area (Å²) in [4.78, 5) is 0. The van der Waals surface area contributed by atoms with Gasteiger partial charge < -0.3 is 17.0 Å². The zero-order valence-corrected chi connectivity index (χ0v) is 11.6. The molecule has 1 aromatic carbocycles. The topological polar surface area (TPSA) is 0 Å². The number of benzene rings is 1. The summed E-state index contributed by atoms with van der Waals surface area (Å²) >= 11 is 0.820. The largest absolute Gasteiger partial charge is 1.00 e. The molecule has 0 fully saturated rings. The summed E-state index contributed by atoms with van der Waals surface area (Å²) in [5.41, 5.74) is -0.497. The Morgan fingerprint density at radius 3 is 2.14 bits per heavy atom. The van der Waals surface area contributed by atoms with Gasteiger partial charge >= 0.3 is 82.2 Å². The normalized spacial score (nSPS) is 11.0. The Balaban J connectivity index is 0.00000169. The van der Waals surface area contributed by atoms with Crippen LogP contribution in [0.3, 0.4) is 0 Å². The summed E-state index contributed by atoms with van der Waals surface area (Å²) in [6.07, 6.45) is -4.45. The fourth-order valence-corrected chi connectivity index (χ4v) is 1.56. The molecule has 0 aliphatic carbocycles. The minimum Gasteiger partial charge on any atom is -1.00 e. The van der Waals surface area contributed by atoms with Gasteiger partial charge in [-0.15, -0.1) is 0 Å². The van der Waals surface area contributed by atoms with Gasteiger partial charge in [0.2, 0.25) is 0 Å². The maximum atomic E-state index is 12.7. The van der Waals surface area contributed by atoms with Crippen molar-refractivity contribution in [2.24, 2.45) is 0 Å². The van der Waals surface area contributed by atoms with E-state index in [2.05, 4.69) is 0 Å². The molecule has 0 aliphatic heterocycles. The average molecular weight is 322 g/mol. The van der Waals surface area contributed by atoms with Crippen LogP contribution in [-0.4, -0.2) is 0 Å². The molecule has 0 aliphatic rings.